The third-order valence-electron chi connectivity index (χ3n) is 15.3. The van der Waals surface area contributed by atoms with Crippen molar-refractivity contribution >= 4 is 17.9 Å². The molecular weight excluding hydrogens is 1020 g/mol. The summed E-state index contributed by atoms with van der Waals surface area (Å²) in [5.41, 5.74) is 0. The Hall–Kier alpha value is -3.93. The van der Waals surface area contributed by atoms with Gasteiger partial charge in [-0.25, -0.2) is 0 Å². The van der Waals surface area contributed by atoms with Gasteiger partial charge in [0, 0.05) is 19.3 Å². The molecule has 0 aromatic carbocycles. The lowest BCUT2D eigenvalue weighted by Crippen LogP contribution is -2.30. The highest BCUT2D eigenvalue weighted by Crippen LogP contribution is 2.17. The van der Waals surface area contributed by atoms with E-state index in [-0.39, 0.29) is 31.1 Å². The summed E-state index contributed by atoms with van der Waals surface area (Å²) >= 11 is 0. The number of allylic oxidation sites excluding steroid dienone is 18. The monoisotopic (exact) mass is 1150 g/mol. The summed E-state index contributed by atoms with van der Waals surface area (Å²) in [6.45, 7) is 6.52. The SMILES string of the molecule is CC/C=C\C/C=C\C/C=C\C/C=C\C/C=C\C/C=C\CCCCCCCCCCCCCCC(=O)OCC(COC(=O)CCCCCCCCCCC)OC(=O)CCCCCCCCCCCC/C=C\C/C=C\C/C=C\CCCCCCC. The van der Waals surface area contributed by atoms with Crippen molar-refractivity contribution in [2.24, 2.45) is 0 Å². The van der Waals surface area contributed by atoms with Gasteiger partial charge in [-0.05, 0) is 109 Å². The molecule has 6 heteroatoms. The van der Waals surface area contributed by atoms with Crippen LogP contribution >= 0.6 is 0 Å². The highest BCUT2D eigenvalue weighted by molar-refractivity contribution is 5.71. The number of ether oxygens (including phenoxy) is 3. The van der Waals surface area contributed by atoms with E-state index < -0.39 is 6.10 Å². The molecule has 0 aliphatic carbocycles. The zero-order chi connectivity index (χ0) is 59.9. The molecule has 0 amide bonds. The molecule has 0 N–H and O–H groups in total. The fourth-order valence-electron chi connectivity index (χ4n) is 9.99. The molecule has 0 aliphatic rings. The number of carbonyl (C=O) groups excluding carboxylic acids is 3. The van der Waals surface area contributed by atoms with Gasteiger partial charge in [-0.3, -0.25) is 14.4 Å². The van der Waals surface area contributed by atoms with Crippen LogP contribution in [-0.4, -0.2) is 37.2 Å². The van der Waals surface area contributed by atoms with Crippen LogP contribution in [0, 0.1) is 0 Å². The van der Waals surface area contributed by atoms with Crippen LogP contribution in [0.15, 0.2) is 109 Å². The van der Waals surface area contributed by atoms with Crippen molar-refractivity contribution in [2.75, 3.05) is 13.2 Å². The Morgan fingerprint density at radius 2 is 0.470 bits per heavy atom. The molecule has 0 aromatic heterocycles. The summed E-state index contributed by atoms with van der Waals surface area (Å²) in [5.74, 6) is -0.873. The highest BCUT2D eigenvalue weighted by atomic mass is 16.6. The maximum atomic E-state index is 12.9. The maximum Gasteiger partial charge on any atom is 0.306 e. The first-order valence-corrected chi connectivity index (χ1v) is 35.4. The lowest BCUT2D eigenvalue weighted by Gasteiger charge is -2.18. The molecular formula is C77H132O6. The number of hydrogen-bond donors (Lipinski definition) is 0. The Morgan fingerprint density at radius 3 is 0.735 bits per heavy atom. The van der Waals surface area contributed by atoms with Gasteiger partial charge >= 0.3 is 17.9 Å². The second-order valence-corrected chi connectivity index (χ2v) is 23.4. The lowest BCUT2D eigenvalue weighted by atomic mass is 10.0. The molecule has 83 heavy (non-hydrogen) atoms. The largest absolute Gasteiger partial charge is 0.462 e. The molecule has 0 aliphatic heterocycles. The van der Waals surface area contributed by atoms with Gasteiger partial charge in [0.15, 0.2) is 6.10 Å². The predicted molar refractivity (Wildman–Crippen MR) is 362 cm³/mol. The summed E-state index contributed by atoms with van der Waals surface area (Å²) in [6.07, 6.45) is 96.9. The van der Waals surface area contributed by atoms with E-state index in [2.05, 4.69) is 130 Å². The molecule has 0 saturated carbocycles. The van der Waals surface area contributed by atoms with E-state index in [9.17, 15) is 14.4 Å². The molecule has 0 spiro atoms. The molecule has 476 valence electrons. The molecule has 0 radical (unpaired) electrons. The molecule has 6 nitrogen and oxygen atoms in total. The smallest absolute Gasteiger partial charge is 0.306 e. The van der Waals surface area contributed by atoms with Gasteiger partial charge in [0.05, 0.1) is 0 Å². The number of carbonyl (C=O) groups is 3. The highest BCUT2D eigenvalue weighted by Gasteiger charge is 2.19. The van der Waals surface area contributed by atoms with Gasteiger partial charge in [-0.1, -0.05) is 323 Å². The van der Waals surface area contributed by atoms with Crippen molar-refractivity contribution in [2.45, 2.75) is 348 Å². The van der Waals surface area contributed by atoms with E-state index in [0.29, 0.717) is 19.3 Å². The summed E-state index contributed by atoms with van der Waals surface area (Å²) in [6, 6.07) is 0. The van der Waals surface area contributed by atoms with Crippen LogP contribution in [0.1, 0.15) is 342 Å². The predicted octanol–water partition coefficient (Wildman–Crippen LogP) is 24.6. The van der Waals surface area contributed by atoms with Crippen molar-refractivity contribution < 1.29 is 28.6 Å². The van der Waals surface area contributed by atoms with Crippen molar-refractivity contribution in [3.63, 3.8) is 0 Å². The van der Waals surface area contributed by atoms with Gasteiger partial charge in [0.1, 0.15) is 13.2 Å². The van der Waals surface area contributed by atoms with Crippen LogP contribution in [-0.2, 0) is 28.6 Å². The second kappa shape index (κ2) is 70.6. The van der Waals surface area contributed by atoms with Crippen LogP contribution < -0.4 is 0 Å². The lowest BCUT2D eigenvalue weighted by molar-refractivity contribution is -0.167. The Labute approximate surface area is 514 Å². The zero-order valence-electron chi connectivity index (χ0n) is 54.7. The minimum absolute atomic E-state index is 0.0771. The first kappa shape index (κ1) is 79.1. The Bertz CT molecular complexity index is 1660. The number of rotatable bonds is 64. The molecule has 0 fully saturated rings. The fourth-order valence-corrected chi connectivity index (χ4v) is 9.99. The Morgan fingerprint density at radius 1 is 0.253 bits per heavy atom. The molecule has 1 atom stereocenters. The van der Waals surface area contributed by atoms with E-state index in [1.54, 1.807) is 0 Å². The minimum atomic E-state index is -0.780. The molecule has 1 unspecified atom stereocenters. The van der Waals surface area contributed by atoms with Crippen LogP contribution in [0.3, 0.4) is 0 Å². The summed E-state index contributed by atoms with van der Waals surface area (Å²) in [4.78, 5) is 38.3. The van der Waals surface area contributed by atoms with Crippen molar-refractivity contribution in [1.29, 1.82) is 0 Å². The topological polar surface area (TPSA) is 78.9 Å². The average Bonchev–Trinajstić information content (AvgIpc) is 3.49. The van der Waals surface area contributed by atoms with Gasteiger partial charge in [0.2, 0.25) is 0 Å². The van der Waals surface area contributed by atoms with Crippen LogP contribution in [0.4, 0.5) is 0 Å². The Balaban J connectivity index is 4.17. The van der Waals surface area contributed by atoms with E-state index in [1.165, 1.54) is 193 Å². The molecule has 0 saturated heterocycles. The first-order chi connectivity index (χ1) is 41.0. The van der Waals surface area contributed by atoms with E-state index in [4.69, 9.17) is 14.2 Å². The summed E-state index contributed by atoms with van der Waals surface area (Å²) < 4.78 is 16.9. The Kier molecular flexibility index (Phi) is 67.2. The summed E-state index contributed by atoms with van der Waals surface area (Å²) in [5, 5.41) is 0. The molecule has 0 rings (SSSR count). The van der Waals surface area contributed by atoms with E-state index in [1.807, 2.05) is 0 Å². The third kappa shape index (κ3) is 68.7. The van der Waals surface area contributed by atoms with E-state index in [0.717, 1.165) is 109 Å². The zero-order valence-corrected chi connectivity index (χ0v) is 54.7. The van der Waals surface area contributed by atoms with Gasteiger partial charge in [-0.15, -0.1) is 0 Å². The normalized spacial score (nSPS) is 12.8. The van der Waals surface area contributed by atoms with Crippen molar-refractivity contribution in [3.8, 4) is 0 Å². The molecule has 0 heterocycles. The third-order valence-corrected chi connectivity index (χ3v) is 15.3. The summed E-state index contributed by atoms with van der Waals surface area (Å²) in [7, 11) is 0. The second-order valence-electron chi connectivity index (χ2n) is 23.4. The number of esters is 3. The van der Waals surface area contributed by atoms with Crippen LogP contribution in [0.2, 0.25) is 0 Å². The minimum Gasteiger partial charge on any atom is -0.462 e. The first-order valence-electron chi connectivity index (χ1n) is 35.4. The fraction of sp³-hybridized carbons (Fsp3) is 0.727. The van der Waals surface area contributed by atoms with Crippen LogP contribution in [0.25, 0.3) is 0 Å². The van der Waals surface area contributed by atoms with Gasteiger partial charge in [0.25, 0.3) is 0 Å². The quantitative estimate of drug-likeness (QED) is 0.0261. The van der Waals surface area contributed by atoms with Crippen molar-refractivity contribution in [3.05, 3.63) is 109 Å². The van der Waals surface area contributed by atoms with Crippen LogP contribution in [0.5, 0.6) is 0 Å². The van der Waals surface area contributed by atoms with Crippen molar-refractivity contribution in [1.82, 2.24) is 0 Å². The molecule has 0 bridgehead atoms. The average molecular weight is 1150 g/mol. The number of unbranched alkanes of at least 4 members (excludes halogenated alkanes) is 35. The standard InChI is InChI=1S/C77H132O6/c1-4-7-10-13-16-19-21-23-25-27-29-31-33-35-36-37-38-39-40-42-43-45-47-49-51-53-55-58-61-64-67-70-76(79)82-73-74(72-81-75(78)69-66-63-60-57-18-15-12-9-6-3)83-77(80)71-68-65-62-59-56-54-52-50-48-46-44-41-34-32-30-28-26-24-22-20-17-14-11-8-5-2/h7,10,16,19,22-25,28-31,34-36,38-39,41,74H,4-6,8-9,11-15,17-18,20-21,26-27,32-33,37,40,42-73H2,1-3H3/b10-7-,19-16-,24-22-,25-23-,30-28-,31-29-,36-35-,39-38-,41-34-. The molecule has 0 aromatic rings. The van der Waals surface area contributed by atoms with Gasteiger partial charge in [-0.2, -0.15) is 0 Å². The maximum absolute atomic E-state index is 12.9. The number of hydrogen-bond acceptors (Lipinski definition) is 6. The van der Waals surface area contributed by atoms with Gasteiger partial charge < -0.3 is 14.2 Å². The van der Waals surface area contributed by atoms with E-state index >= 15 is 0 Å².